The van der Waals surface area contributed by atoms with Crippen molar-refractivity contribution in [2.24, 2.45) is 5.92 Å². The van der Waals surface area contributed by atoms with Crippen molar-refractivity contribution in [3.8, 4) is 11.4 Å². The van der Waals surface area contributed by atoms with Crippen LogP contribution in [-0.4, -0.2) is 80.6 Å². The third-order valence-corrected chi connectivity index (χ3v) is 6.91. The zero-order valence-corrected chi connectivity index (χ0v) is 19.4. The van der Waals surface area contributed by atoms with Crippen LogP contribution in [0.5, 0.6) is 5.75 Å². The number of nitrogens with zero attached hydrogens (tertiary/aromatic N) is 8. The summed E-state index contributed by atoms with van der Waals surface area (Å²) in [5.41, 5.74) is 3.52. The van der Waals surface area contributed by atoms with Gasteiger partial charge in [0.1, 0.15) is 12.1 Å². The Balaban J connectivity index is 1.34. The number of fused-ring (bicyclic) bond motifs is 1. The summed E-state index contributed by atoms with van der Waals surface area (Å²) in [6.45, 7) is 5.01. The van der Waals surface area contributed by atoms with Crippen molar-refractivity contribution in [3.05, 3.63) is 55.1 Å². The Morgan fingerprint density at radius 1 is 0.886 bits per heavy atom. The second-order valence-corrected chi connectivity index (χ2v) is 9.12. The molecule has 2 fully saturated rings. The van der Waals surface area contributed by atoms with E-state index in [4.69, 9.17) is 15.0 Å². The molecule has 180 valence electrons. The maximum absolute atomic E-state index is 9.68. The summed E-state index contributed by atoms with van der Waals surface area (Å²) >= 11 is 0. The summed E-state index contributed by atoms with van der Waals surface area (Å²) in [6.07, 6.45) is 6.27. The molecule has 10 nitrogen and oxygen atoms in total. The lowest BCUT2D eigenvalue weighted by molar-refractivity contribution is 0.238. The predicted octanol–water partition coefficient (Wildman–Crippen LogP) is 2.06. The van der Waals surface area contributed by atoms with E-state index in [2.05, 4.69) is 19.7 Å². The molecule has 5 heterocycles. The molecule has 0 aliphatic carbocycles. The molecule has 6 rings (SSSR count). The maximum Gasteiger partial charge on any atom is 0.229 e. The molecule has 2 N–H and O–H groups in total. The van der Waals surface area contributed by atoms with Gasteiger partial charge >= 0.3 is 0 Å². The number of piperazine rings is 1. The van der Waals surface area contributed by atoms with E-state index >= 15 is 0 Å². The van der Waals surface area contributed by atoms with Crippen molar-refractivity contribution in [2.75, 3.05) is 60.6 Å². The molecule has 2 aliphatic heterocycles. The molecule has 0 amide bonds. The van der Waals surface area contributed by atoms with E-state index in [0.717, 1.165) is 74.0 Å². The fourth-order valence-corrected chi connectivity index (χ4v) is 4.92. The number of aromatic hydroxyl groups is 1. The zero-order chi connectivity index (χ0) is 23.8. The van der Waals surface area contributed by atoms with Crippen molar-refractivity contribution in [1.82, 2.24) is 24.5 Å². The number of benzene rings is 1. The van der Waals surface area contributed by atoms with Gasteiger partial charge in [0.25, 0.3) is 0 Å². The normalized spacial score (nSPS) is 18.5. The van der Waals surface area contributed by atoms with Crippen molar-refractivity contribution in [1.29, 1.82) is 0 Å². The SMILES string of the molecule is OC[C@H]1CCN(c2nc(N3CCN(c4ccc(O)cc4)CC3)nc3c2ncn3-c2cccnc2)C1. The van der Waals surface area contributed by atoms with Crippen LogP contribution in [0.3, 0.4) is 0 Å². The Labute approximate surface area is 203 Å². The fraction of sp³-hybridized carbons (Fsp3) is 0.360. The van der Waals surface area contributed by atoms with Crippen LogP contribution >= 0.6 is 0 Å². The summed E-state index contributed by atoms with van der Waals surface area (Å²) < 4.78 is 1.96. The average Bonchev–Trinajstić information content (AvgIpc) is 3.57. The third-order valence-electron chi connectivity index (χ3n) is 6.91. The van der Waals surface area contributed by atoms with Crippen molar-refractivity contribution < 1.29 is 10.2 Å². The fourth-order valence-electron chi connectivity index (χ4n) is 4.92. The molecular weight excluding hydrogens is 444 g/mol. The molecule has 0 radical (unpaired) electrons. The van der Waals surface area contributed by atoms with Crippen LogP contribution in [0.1, 0.15) is 6.42 Å². The number of hydrogen-bond acceptors (Lipinski definition) is 9. The minimum absolute atomic E-state index is 0.181. The van der Waals surface area contributed by atoms with Gasteiger partial charge in [0.05, 0.1) is 11.9 Å². The first-order valence-corrected chi connectivity index (χ1v) is 12.0. The smallest absolute Gasteiger partial charge is 0.229 e. The highest BCUT2D eigenvalue weighted by Crippen LogP contribution is 2.31. The number of anilines is 3. The topological polar surface area (TPSA) is 107 Å². The van der Waals surface area contributed by atoms with Crippen molar-refractivity contribution in [2.45, 2.75) is 6.42 Å². The summed E-state index contributed by atoms with van der Waals surface area (Å²) in [5.74, 6) is 2.04. The van der Waals surface area contributed by atoms with Crippen LogP contribution in [0.25, 0.3) is 16.9 Å². The molecule has 3 aromatic heterocycles. The van der Waals surface area contributed by atoms with Gasteiger partial charge in [0, 0.05) is 63.7 Å². The van der Waals surface area contributed by atoms with Gasteiger partial charge < -0.3 is 24.9 Å². The number of imidazole rings is 1. The van der Waals surface area contributed by atoms with E-state index in [1.807, 2.05) is 28.8 Å². The highest BCUT2D eigenvalue weighted by Gasteiger charge is 2.28. The Hall–Kier alpha value is -3.92. The Morgan fingerprint density at radius 2 is 1.69 bits per heavy atom. The lowest BCUT2D eigenvalue weighted by Crippen LogP contribution is -2.47. The number of pyridine rings is 1. The highest BCUT2D eigenvalue weighted by molar-refractivity contribution is 5.86. The molecule has 2 saturated heterocycles. The van der Waals surface area contributed by atoms with Gasteiger partial charge in [-0.1, -0.05) is 0 Å². The Bertz CT molecular complexity index is 1300. The van der Waals surface area contributed by atoms with Gasteiger partial charge in [0.15, 0.2) is 17.0 Å². The van der Waals surface area contributed by atoms with Gasteiger partial charge in [-0.2, -0.15) is 9.97 Å². The molecule has 0 saturated carbocycles. The van der Waals surface area contributed by atoms with Gasteiger partial charge in [0.2, 0.25) is 5.95 Å². The lowest BCUT2D eigenvalue weighted by Gasteiger charge is -2.36. The van der Waals surface area contributed by atoms with Crippen LogP contribution in [0.2, 0.25) is 0 Å². The second kappa shape index (κ2) is 9.03. The number of aromatic nitrogens is 5. The van der Waals surface area contributed by atoms with Crippen LogP contribution in [-0.2, 0) is 0 Å². The Kier molecular flexibility index (Phi) is 5.57. The first-order valence-electron chi connectivity index (χ1n) is 12.0. The zero-order valence-electron chi connectivity index (χ0n) is 19.4. The Morgan fingerprint density at radius 3 is 2.40 bits per heavy atom. The molecular formula is C25H28N8O2. The van der Waals surface area contributed by atoms with Gasteiger partial charge in [-0.05, 0) is 42.8 Å². The summed E-state index contributed by atoms with van der Waals surface area (Å²) in [7, 11) is 0. The highest BCUT2D eigenvalue weighted by atomic mass is 16.3. The minimum atomic E-state index is 0.181. The van der Waals surface area contributed by atoms with Gasteiger partial charge in [-0.25, -0.2) is 4.98 Å². The summed E-state index contributed by atoms with van der Waals surface area (Å²) in [4.78, 5) is 25.7. The van der Waals surface area contributed by atoms with Crippen molar-refractivity contribution >= 4 is 28.6 Å². The first-order chi connectivity index (χ1) is 17.2. The third kappa shape index (κ3) is 4.10. The molecule has 1 aromatic carbocycles. The van der Waals surface area contributed by atoms with E-state index in [1.165, 1.54) is 0 Å². The maximum atomic E-state index is 9.68. The molecule has 2 aliphatic rings. The largest absolute Gasteiger partial charge is 0.508 e. The quantitative estimate of drug-likeness (QED) is 0.451. The van der Waals surface area contributed by atoms with Crippen LogP contribution in [0.4, 0.5) is 17.5 Å². The van der Waals surface area contributed by atoms with E-state index in [0.29, 0.717) is 5.95 Å². The van der Waals surface area contributed by atoms with Gasteiger partial charge in [-0.3, -0.25) is 9.55 Å². The number of aliphatic hydroxyl groups is 1. The average molecular weight is 473 g/mol. The summed E-state index contributed by atoms with van der Waals surface area (Å²) in [5, 5.41) is 19.3. The van der Waals surface area contributed by atoms with E-state index < -0.39 is 0 Å². The number of phenolic OH excluding ortho intramolecular Hbond substituents is 1. The number of aliphatic hydroxyl groups excluding tert-OH is 1. The number of hydrogen-bond donors (Lipinski definition) is 2. The predicted molar refractivity (Wildman–Crippen MR) is 134 cm³/mol. The van der Waals surface area contributed by atoms with Crippen LogP contribution in [0.15, 0.2) is 55.1 Å². The van der Waals surface area contributed by atoms with Crippen molar-refractivity contribution in [3.63, 3.8) is 0 Å². The van der Waals surface area contributed by atoms with E-state index in [-0.39, 0.29) is 18.3 Å². The molecule has 4 aromatic rings. The van der Waals surface area contributed by atoms with Crippen LogP contribution in [0, 0.1) is 5.92 Å². The minimum Gasteiger partial charge on any atom is -0.508 e. The summed E-state index contributed by atoms with van der Waals surface area (Å²) in [6, 6.07) is 11.2. The molecule has 0 bridgehead atoms. The van der Waals surface area contributed by atoms with Crippen LogP contribution < -0.4 is 14.7 Å². The van der Waals surface area contributed by atoms with E-state index in [9.17, 15) is 10.2 Å². The molecule has 10 heteroatoms. The molecule has 35 heavy (non-hydrogen) atoms. The number of phenols is 1. The molecule has 0 spiro atoms. The van der Waals surface area contributed by atoms with E-state index in [1.54, 1.807) is 30.9 Å². The lowest BCUT2D eigenvalue weighted by atomic mass is 10.1. The first kappa shape index (κ1) is 21.6. The molecule has 0 unspecified atom stereocenters. The standard InChI is InChI=1S/C25H28N8O2/c34-16-18-7-9-32(15-18)23-22-24(33(17-27-22)20-2-1-8-26-14-20)29-25(28-23)31-12-10-30(11-13-31)19-3-5-21(35)6-4-19/h1-6,8,14,17-18,34-35H,7,9-13,15-16H2/t18-/m0/s1. The monoisotopic (exact) mass is 472 g/mol. The number of rotatable bonds is 5. The van der Waals surface area contributed by atoms with Gasteiger partial charge in [-0.15, -0.1) is 0 Å². The molecule has 1 atom stereocenters. The second-order valence-electron chi connectivity index (χ2n) is 9.12.